The number of nitrogens with one attached hydrogen (secondary N) is 1. The van der Waals surface area contributed by atoms with E-state index in [1.165, 1.54) is 18.2 Å². The Balaban J connectivity index is 1.93. The maximum Gasteiger partial charge on any atom is 0.238 e. The number of amides is 1. The van der Waals surface area contributed by atoms with Gasteiger partial charge in [0.1, 0.15) is 5.82 Å². The van der Waals surface area contributed by atoms with Crippen molar-refractivity contribution in [1.82, 2.24) is 4.90 Å². The standard InChI is InChI=1S/C14H20FN3O2/c1-9-6-18(7-10(2)20-9)8-14(19)17-13-5-11(15)3-4-12(13)16/h3-5,9-10H,6-8,16H2,1-2H3,(H,17,19)/t9-,10+. The van der Waals surface area contributed by atoms with Crippen molar-refractivity contribution in [3.8, 4) is 0 Å². The lowest BCUT2D eigenvalue weighted by molar-refractivity contribution is -0.121. The van der Waals surface area contributed by atoms with Crippen molar-refractivity contribution in [3.05, 3.63) is 24.0 Å². The van der Waals surface area contributed by atoms with Gasteiger partial charge in [0.15, 0.2) is 0 Å². The van der Waals surface area contributed by atoms with E-state index in [9.17, 15) is 9.18 Å². The monoisotopic (exact) mass is 281 g/mol. The Morgan fingerprint density at radius 2 is 2.10 bits per heavy atom. The van der Waals surface area contributed by atoms with Crippen LogP contribution >= 0.6 is 0 Å². The van der Waals surface area contributed by atoms with Crippen molar-refractivity contribution < 1.29 is 13.9 Å². The number of hydrogen-bond acceptors (Lipinski definition) is 4. The van der Waals surface area contributed by atoms with Gasteiger partial charge in [0.05, 0.1) is 30.1 Å². The van der Waals surface area contributed by atoms with E-state index in [1.54, 1.807) is 0 Å². The summed E-state index contributed by atoms with van der Waals surface area (Å²) in [4.78, 5) is 14.0. The van der Waals surface area contributed by atoms with Crippen LogP contribution in [0, 0.1) is 5.82 Å². The van der Waals surface area contributed by atoms with Crippen LogP contribution in [0.15, 0.2) is 18.2 Å². The largest absolute Gasteiger partial charge is 0.397 e. The van der Waals surface area contributed by atoms with Crippen LogP contribution in [0.1, 0.15) is 13.8 Å². The molecule has 2 rings (SSSR count). The summed E-state index contributed by atoms with van der Waals surface area (Å²) in [5.41, 5.74) is 6.36. The number of rotatable bonds is 3. The molecule has 0 aromatic heterocycles. The highest BCUT2D eigenvalue weighted by Crippen LogP contribution is 2.19. The fourth-order valence-electron chi connectivity index (χ4n) is 2.44. The predicted molar refractivity (Wildman–Crippen MR) is 75.9 cm³/mol. The molecule has 1 aromatic carbocycles. The van der Waals surface area contributed by atoms with E-state index < -0.39 is 5.82 Å². The van der Waals surface area contributed by atoms with Gasteiger partial charge in [-0.25, -0.2) is 4.39 Å². The van der Waals surface area contributed by atoms with Crippen LogP contribution in [-0.4, -0.2) is 42.6 Å². The molecule has 110 valence electrons. The summed E-state index contributed by atoms with van der Waals surface area (Å²) in [5.74, 6) is -0.633. The first-order valence-electron chi connectivity index (χ1n) is 6.66. The fraction of sp³-hybridized carbons (Fsp3) is 0.500. The Kier molecular flexibility index (Phi) is 4.57. The van der Waals surface area contributed by atoms with E-state index in [0.29, 0.717) is 24.5 Å². The Labute approximate surface area is 117 Å². The Bertz CT molecular complexity index is 485. The van der Waals surface area contributed by atoms with Crippen LogP contribution in [0.25, 0.3) is 0 Å². The van der Waals surface area contributed by atoms with E-state index in [1.807, 2.05) is 18.7 Å². The lowest BCUT2D eigenvalue weighted by Gasteiger charge is -2.34. The number of carbonyl (C=O) groups is 1. The summed E-state index contributed by atoms with van der Waals surface area (Å²) in [7, 11) is 0. The van der Waals surface area contributed by atoms with Gasteiger partial charge in [0.25, 0.3) is 0 Å². The summed E-state index contributed by atoms with van der Waals surface area (Å²) in [6.07, 6.45) is 0.205. The lowest BCUT2D eigenvalue weighted by atomic mass is 10.2. The number of nitrogens with zero attached hydrogens (tertiary/aromatic N) is 1. The van der Waals surface area contributed by atoms with Crippen molar-refractivity contribution >= 4 is 17.3 Å². The average Bonchev–Trinajstić information content (AvgIpc) is 2.32. The second-order valence-electron chi connectivity index (χ2n) is 5.23. The predicted octanol–water partition coefficient (Wildman–Crippen LogP) is 1.46. The minimum atomic E-state index is -0.428. The molecule has 0 saturated carbocycles. The molecule has 1 aliphatic rings. The zero-order valence-corrected chi connectivity index (χ0v) is 11.7. The first-order valence-corrected chi connectivity index (χ1v) is 6.66. The number of anilines is 2. The Hall–Kier alpha value is -1.66. The molecular weight excluding hydrogens is 261 g/mol. The highest BCUT2D eigenvalue weighted by molar-refractivity contribution is 5.95. The van der Waals surface area contributed by atoms with E-state index >= 15 is 0 Å². The first-order chi connectivity index (χ1) is 9.44. The lowest BCUT2D eigenvalue weighted by Crippen LogP contribution is -2.48. The van der Waals surface area contributed by atoms with Crippen molar-refractivity contribution in [1.29, 1.82) is 0 Å². The van der Waals surface area contributed by atoms with Crippen LogP contribution in [0.3, 0.4) is 0 Å². The van der Waals surface area contributed by atoms with Crippen LogP contribution in [0.5, 0.6) is 0 Å². The second-order valence-corrected chi connectivity index (χ2v) is 5.23. The quantitative estimate of drug-likeness (QED) is 0.823. The van der Waals surface area contributed by atoms with Crippen molar-refractivity contribution in [2.45, 2.75) is 26.1 Å². The van der Waals surface area contributed by atoms with Crippen LogP contribution in [0.4, 0.5) is 15.8 Å². The molecule has 5 nitrogen and oxygen atoms in total. The molecular formula is C14H20FN3O2. The second kappa shape index (κ2) is 6.19. The molecule has 1 amide bonds. The SMILES string of the molecule is C[C@@H]1CN(CC(=O)Nc2cc(F)ccc2N)C[C@H](C)O1. The molecule has 1 aromatic rings. The smallest absolute Gasteiger partial charge is 0.238 e. The number of carbonyl (C=O) groups excluding carboxylic acids is 1. The van der Waals surface area contributed by atoms with Crippen molar-refractivity contribution in [3.63, 3.8) is 0 Å². The number of halogens is 1. The number of hydrogen-bond donors (Lipinski definition) is 2. The number of nitrogen functional groups attached to an aromatic ring is 1. The maximum atomic E-state index is 13.1. The first kappa shape index (κ1) is 14.7. The molecule has 1 aliphatic heterocycles. The zero-order valence-electron chi connectivity index (χ0n) is 11.7. The molecule has 6 heteroatoms. The van der Waals surface area contributed by atoms with Gasteiger partial charge in [-0.2, -0.15) is 0 Å². The fourth-order valence-corrected chi connectivity index (χ4v) is 2.44. The minimum Gasteiger partial charge on any atom is -0.397 e. The summed E-state index contributed by atoms with van der Waals surface area (Å²) >= 11 is 0. The highest BCUT2D eigenvalue weighted by Gasteiger charge is 2.23. The summed E-state index contributed by atoms with van der Waals surface area (Å²) in [6, 6.07) is 3.91. The molecule has 3 N–H and O–H groups in total. The van der Waals surface area contributed by atoms with Gasteiger partial charge >= 0.3 is 0 Å². The molecule has 0 radical (unpaired) electrons. The molecule has 1 saturated heterocycles. The zero-order chi connectivity index (χ0) is 14.7. The average molecular weight is 281 g/mol. The minimum absolute atomic E-state index is 0.103. The molecule has 2 atom stereocenters. The van der Waals surface area contributed by atoms with E-state index in [-0.39, 0.29) is 24.7 Å². The number of morpholine rings is 1. The van der Waals surface area contributed by atoms with Crippen LogP contribution < -0.4 is 11.1 Å². The molecule has 0 unspecified atom stereocenters. The number of ether oxygens (including phenoxy) is 1. The van der Waals surface area contributed by atoms with Gasteiger partial charge in [-0.3, -0.25) is 9.69 Å². The summed E-state index contributed by atoms with van der Waals surface area (Å²) in [6.45, 7) is 5.61. The molecule has 1 heterocycles. The van der Waals surface area contributed by atoms with Crippen LogP contribution in [0.2, 0.25) is 0 Å². The summed E-state index contributed by atoms with van der Waals surface area (Å²) in [5, 5.41) is 2.64. The van der Waals surface area contributed by atoms with Crippen LogP contribution in [-0.2, 0) is 9.53 Å². The number of benzene rings is 1. The summed E-state index contributed by atoms with van der Waals surface area (Å²) < 4.78 is 18.7. The maximum absolute atomic E-state index is 13.1. The van der Waals surface area contributed by atoms with Gasteiger partial charge in [-0.1, -0.05) is 0 Å². The third-order valence-corrected chi connectivity index (χ3v) is 3.15. The van der Waals surface area contributed by atoms with Gasteiger partial charge in [-0.15, -0.1) is 0 Å². The third kappa shape index (κ3) is 3.91. The van der Waals surface area contributed by atoms with E-state index in [2.05, 4.69) is 5.32 Å². The van der Waals surface area contributed by atoms with E-state index in [0.717, 1.165) is 0 Å². The van der Waals surface area contributed by atoms with E-state index in [4.69, 9.17) is 10.5 Å². The normalized spacial score (nSPS) is 23.6. The van der Waals surface area contributed by atoms with Gasteiger partial charge < -0.3 is 15.8 Å². The topological polar surface area (TPSA) is 67.6 Å². The Morgan fingerprint density at radius 1 is 1.45 bits per heavy atom. The van der Waals surface area contributed by atoms with Gasteiger partial charge in [-0.05, 0) is 32.0 Å². The Morgan fingerprint density at radius 3 is 2.75 bits per heavy atom. The molecule has 1 fully saturated rings. The highest BCUT2D eigenvalue weighted by atomic mass is 19.1. The molecule has 0 bridgehead atoms. The van der Waals surface area contributed by atoms with Crippen molar-refractivity contribution in [2.75, 3.05) is 30.7 Å². The molecule has 0 spiro atoms. The van der Waals surface area contributed by atoms with Gasteiger partial charge in [0.2, 0.25) is 5.91 Å². The number of nitrogens with two attached hydrogens (primary N) is 1. The molecule has 20 heavy (non-hydrogen) atoms. The van der Waals surface area contributed by atoms with Gasteiger partial charge in [0, 0.05) is 13.1 Å². The van der Waals surface area contributed by atoms with Crippen molar-refractivity contribution in [2.24, 2.45) is 0 Å². The molecule has 0 aliphatic carbocycles. The third-order valence-electron chi connectivity index (χ3n) is 3.15.